The van der Waals surface area contributed by atoms with E-state index in [1.54, 1.807) is 19.2 Å². The fraction of sp³-hybridized carbons (Fsp3) is 0.526. The standard InChI is InChI=1S/C19H28N2O3/c1-12(2)13(3)7-8-19(11-24-4)17(22)10-15-9-14(18(20)23)5-6-16(15)21-19/h5-6,9,17,21-22H,7-8,10-11H2,1-4H3,(H2,20,23). The molecule has 5 heteroatoms. The van der Waals surface area contributed by atoms with Crippen molar-refractivity contribution in [3.8, 4) is 0 Å². The lowest BCUT2D eigenvalue weighted by atomic mass is 9.79. The van der Waals surface area contributed by atoms with Gasteiger partial charge in [-0.05, 0) is 57.4 Å². The Morgan fingerprint density at radius 3 is 2.71 bits per heavy atom. The molecule has 0 saturated carbocycles. The van der Waals surface area contributed by atoms with Crippen molar-refractivity contribution in [1.29, 1.82) is 0 Å². The van der Waals surface area contributed by atoms with Gasteiger partial charge in [-0.15, -0.1) is 0 Å². The molecule has 2 unspecified atom stereocenters. The molecule has 1 heterocycles. The van der Waals surface area contributed by atoms with Crippen LogP contribution in [0.25, 0.3) is 0 Å². The first-order valence-electron chi connectivity index (χ1n) is 8.30. The summed E-state index contributed by atoms with van der Waals surface area (Å²) in [6, 6.07) is 5.33. The summed E-state index contributed by atoms with van der Waals surface area (Å²) < 4.78 is 5.41. The SMILES string of the molecule is COCC1(CCC(C)=C(C)C)Nc2ccc(C(N)=O)cc2CC1O. The van der Waals surface area contributed by atoms with E-state index in [4.69, 9.17) is 10.5 Å². The molecule has 5 nitrogen and oxygen atoms in total. The molecule has 2 rings (SSSR count). The maximum atomic E-state index is 11.4. The van der Waals surface area contributed by atoms with E-state index in [2.05, 4.69) is 26.1 Å². The lowest BCUT2D eigenvalue weighted by Crippen LogP contribution is -2.56. The number of ether oxygens (including phenoxy) is 1. The number of amides is 1. The number of aliphatic hydroxyl groups excluding tert-OH is 1. The van der Waals surface area contributed by atoms with Crippen LogP contribution in [-0.2, 0) is 11.2 Å². The molecule has 1 aliphatic rings. The van der Waals surface area contributed by atoms with Crippen molar-refractivity contribution in [3.05, 3.63) is 40.5 Å². The van der Waals surface area contributed by atoms with Crippen LogP contribution in [0.3, 0.4) is 0 Å². The molecule has 0 spiro atoms. The minimum Gasteiger partial charge on any atom is -0.390 e. The number of hydrogen-bond donors (Lipinski definition) is 3. The van der Waals surface area contributed by atoms with Crippen LogP contribution in [0, 0.1) is 0 Å². The third-order valence-corrected chi connectivity index (χ3v) is 5.03. The normalized spacial score (nSPS) is 22.5. The average molecular weight is 332 g/mol. The van der Waals surface area contributed by atoms with Gasteiger partial charge in [0.15, 0.2) is 0 Å². The van der Waals surface area contributed by atoms with E-state index in [1.807, 2.05) is 6.07 Å². The number of rotatable bonds is 6. The zero-order chi connectivity index (χ0) is 17.9. The molecule has 1 aromatic rings. The summed E-state index contributed by atoms with van der Waals surface area (Å²) >= 11 is 0. The quantitative estimate of drug-likeness (QED) is 0.699. The van der Waals surface area contributed by atoms with E-state index < -0.39 is 17.6 Å². The number of aliphatic hydroxyl groups is 1. The van der Waals surface area contributed by atoms with E-state index in [0.717, 1.165) is 24.1 Å². The molecule has 1 aliphatic heterocycles. The van der Waals surface area contributed by atoms with E-state index >= 15 is 0 Å². The number of allylic oxidation sites excluding steroid dienone is 2. The Kier molecular flexibility index (Phi) is 5.67. The minimum absolute atomic E-state index is 0.418. The van der Waals surface area contributed by atoms with Gasteiger partial charge < -0.3 is 20.9 Å². The van der Waals surface area contributed by atoms with Crippen LogP contribution in [0.2, 0.25) is 0 Å². The number of fused-ring (bicyclic) bond motifs is 1. The summed E-state index contributed by atoms with van der Waals surface area (Å²) in [7, 11) is 1.65. The van der Waals surface area contributed by atoms with Gasteiger partial charge in [0, 0.05) is 24.8 Å². The molecule has 0 aromatic heterocycles. The summed E-state index contributed by atoms with van der Waals surface area (Å²) in [4.78, 5) is 11.4. The fourth-order valence-electron chi connectivity index (χ4n) is 3.14. The predicted octanol–water partition coefficient (Wildman–Crippen LogP) is 2.64. The Balaban J connectivity index is 2.30. The van der Waals surface area contributed by atoms with Gasteiger partial charge in [-0.3, -0.25) is 4.79 Å². The highest BCUT2D eigenvalue weighted by atomic mass is 16.5. The van der Waals surface area contributed by atoms with E-state index in [0.29, 0.717) is 18.6 Å². The highest BCUT2D eigenvalue weighted by Crippen LogP contribution is 2.35. The van der Waals surface area contributed by atoms with Gasteiger partial charge >= 0.3 is 0 Å². The molecular weight excluding hydrogens is 304 g/mol. The third kappa shape index (κ3) is 3.79. The van der Waals surface area contributed by atoms with Crippen molar-refractivity contribution < 1.29 is 14.6 Å². The van der Waals surface area contributed by atoms with E-state index in [1.165, 1.54) is 11.1 Å². The smallest absolute Gasteiger partial charge is 0.248 e. The van der Waals surface area contributed by atoms with Crippen LogP contribution in [-0.4, -0.2) is 36.4 Å². The first-order chi connectivity index (χ1) is 11.3. The highest BCUT2D eigenvalue weighted by molar-refractivity contribution is 5.93. The number of anilines is 1. The predicted molar refractivity (Wildman–Crippen MR) is 96.2 cm³/mol. The van der Waals surface area contributed by atoms with Crippen LogP contribution in [0.1, 0.15) is 49.5 Å². The number of carbonyl (C=O) groups is 1. The molecule has 0 aliphatic carbocycles. The Morgan fingerprint density at radius 2 is 2.12 bits per heavy atom. The van der Waals surface area contributed by atoms with Crippen molar-refractivity contribution in [3.63, 3.8) is 0 Å². The number of carbonyl (C=O) groups excluding carboxylic acids is 1. The third-order valence-electron chi connectivity index (χ3n) is 5.03. The fourth-order valence-corrected chi connectivity index (χ4v) is 3.14. The molecule has 4 N–H and O–H groups in total. The maximum Gasteiger partial charge on any atom is 0.248 e. The molecule has 1 aromatic carbocycles. The topological polar surface area (TPSA) is 84.6 Å². The van der Waals surface area contributed by atoms with Gasteiger partial charge in [0.25, 0.3) is 0 Å². The van der Waals surface area contributed by atoms with Crippen molar-refractivity contribution in [2.75, 3.05) is 19.0 Å². The van der Waals surface area contributed by atoms with Crippen LogP contribution >= 0.6 is 0 Å². The molecule has 24 heavy (non-hydrogen) atoms. The monoisotopic (exact) mass is 332 g/mol. The number of benzene rings is 1. The van der Waals surface area contributed by atoms with Crippen molar-refractivity contribution >= 4 is 11.6 Å². The van der Waals surface area contributed by atoms with Crippen LogP contribution in [0.4, 0.5) is 5.69 Å². The summed E-state index contributed by atoms with van der Waals surface area (Å²) in [6.45, 7) is 6.74. The number of hydrogen-bond acceptors (Lipinski definition) is 4. The van der Waals surface area contributed by atoms with E-state index in [-0.39, 0.29) is 0 Å². The lowest BCUT2D eigenvalue weighted by Gasteiger charge is -2.43. The van der Waals surface area contributed by atoms with Crippen molar-refractivity contribution in [2.24, 2.45) is 5.73 Å². The second-order valence-electron chi connectivity index (χ2n) is 6.95. The number of primary amides is 1. The molecule has 1 amide bonds. The Morgan fingerprint density at radius 1 is 1.42 bits per heavy atom. The zero-order valence-corrected chi connectivity index (χ0v) is 15.0. The second kappa shape index (κ2) is 7.36. The van der Waals surface area contributed by atoms with Crippen LogP contribution in [0.15, 0.2) is 29.3 Å². The van der Waals surface area contributed by atoms with Crippen molar-refractivity contribution in [1.82, 2.24) is 0 Å². The summed E-state index contributed by atoms with van der Waals surface area (Å²) in [5, 5.41) is 14.3. The van der Waals surface area contributed by atoms with Crippen LogP contribution in [0.5, 0.6) is 0 Å². The number of methoxy groups -OCH3 is 1. The first-order valence-corrected chi connectivity index (χ1v) is 8.30. The molecule has 0 saturated heterocycles. The summed E-state index contributed by atoms with van der Waals surface area (Å²) in [5.41, 5.74) is 9.74. The minimum atomic E-state index is -0.599. The average Bonchev–Trinajstić information content (AvgIpc) is 2.53. The molecule has 132 valence electrons. The Hall–Kier alpha value is -1.85. The molecule has 0 fully saturated rings. The Labute approximate surface area is 143 Å². The van der Waals surface area contributed by atoms with Gasteiger partial charge in [-0.1, -0.05) is 11.1 Å². The number of nitrogens with two attached hydrogens (primary N) is 1. The molecule has 0 bridgehead atoms. The van der Waals surface area contributed by atoms with Gasteiger partial charge in [0.05, 0.1) is 18.2 Å². The summed E-state index contributed by atoms with van der Waals surface area (Å²) in [5.74, 6) is -0.458. The molecule has 2 atom stereocenters. The van der Waals surface area contributed by atoms with Crippen LogP contribution < -0.4 is 11.1 Å². The highest BCUT2D eigenvalue weighted by Gasteiger charge is 2.41. The largest absolute Gasteiger partial charge is 0.390 e. The lowest BCUT2D eigenvalue weighted by molar-refractivity contribution is 0.0293. The molecular formula is C19H28N2O3. The molecule has 0 radical (unpaired) electrons. The maximum absolute atomic E-state index is 11.4. The zero-order valence-electron chi connectivity index (χ0n) is 15.0. The Bertz CT molecular complexity index is 650. The summed E-state index contributed by atoms with van der Waals surface area (Å²) in [6.07, 6.45) is 1.54. The van der Waals surface area contributed by atoms with Gasteiger partial charge in [0.1, 0.15) is 0 Å². The number of nitrogens with one attached hydrogen (secondary N) is 1. The first kappa shape index (κ1) is 18.5. The van der Waals surface area contributed by atoms with E-state index in [9.17, 15) is 9.90 Å². The van der Waals surface area contributed by atoms with Gasteiger partial charge in [-0.25, -0.2) is 0 Å². The second-order valence-corrected chi connectivity index (χ2v) is 6.95. The van der Waals surface area contributed by atoms with Gasteiger partial charge in [-0.2, -0.15) is 0 Å². The van der Waals surface area contributed by atoms with Crippen molar-refractivity contribution in [2.45, 2.75) is 51.7 Å². The van der Waals surface area contributed by atoms with Gasteiger partial charge in [0.2, 0.25) is 5.91 Å².